The van der Waals surface area contributed by atoms with Gasteiger partial charge in [-0.1, -0.05) is 30.3 Å². The van der Waals surface area contributed by atoms with Crippen molar-refractivity contribution < 1.29 is 14.7 Å². The number of carbonyl (C=O) groups excluding carboxylic acids is 2. The Hall–Kier alpha value is -2.66. The number of nitrogens with zero attached hydrogens (tertiary/aromatic N) is 2. The Morgan fingerprint density at radius 1 is 1.07 bits per heavy atom. The minimum absolute atomic E-state index is 0.0465. The molecule has 0 saturated carbocycles. The molecule has 3 fully saturated rings. The molecule has 156 valence electrons. The second-order valence-electron chi connectivity index (χ2n) is 9.04. The molecular formula is C25H28N2O3. The number of aliphatic hydroxyl groups excluding tert-OH is 1. The Kier molecular flexibility index (Phi) is 4.86. The van der Waals surface area contributed by atoms with Gasteiger partial charge in [-0.3, -0.25) is 9.59 Å². The lowest BCUT2D eigenvalue weighted by Gasteiger charge is -2.36. The van der Waals surface area contributed by atoms with Crippen molar-refractivity contribution in [3.8, 4) is 0 Å². The van der Waals surface area contributed by atoms with Crippen molar-refractivity contribution in [3.05, 3.63) is 65.7 Å². The third-order valence-electron chi connectivity index (χ3n) is 7.30. The number of benzene rings is 2. The standard InChI is InChI=1S/C25H28N2O3/c28-17-25(15-18-5-2-1-3-6-18)16-21-12-13-22(25)27(21)24(30)19-8-10-20(11-9-19)26-14-4-7-23(26)29/h1-3,5-6,8-11,21-22,28H,4,7,12-17H2/t21-,22+,25-/m0/s1. The van der Waals surface area contributed by atoms with Crippen LogP contribution in [0.2, 0.25) is 0 Å². The van der Waals surface area contributed by atoms with E-state index >= 15 is 0 Å². The molecule has 3 heterocycles. The zero-order valence-electron chi connectivity index (χ0n) is 17.2. The fourth-order valence-electron chi connectivity index (χ4n) is 5.87. The lowest BCUT2D eigenvalue weighted by molar-refractivity contribution is -0.117. The van der Waals surface area contributed by atoms with E-state index in [9.17, 15) is 14.7 Å². The zero-order chi connectivity index (χ0) is 20.7. The average molecular weight is 405 g/mol. The molecule has 0 spiro atoms. The quantitative estimate of drug-likeness (QED) is 0.831. The Morgan fingerprint density at radius 3 is 2.50 bits per heavy atom. The van der Waals surface area contributed by atoms with Crippen LogP contribution in [0.3, 0.4) is 0 Å². The lowest BCUT2D eigenvalue weighted by Crippen LogP contribution is -2.43. The molecule has 3 aliphatic heterocycles. The average Bonchev–Trinajstić information content (AvgIpc) is 3.47. The van der Waals surface area contributed by atoms with E-state index in [0.29, 0.717) is 12.0 Å². The number of fused-ring (bicyclic) bond motifs is 2. The molecule has 5 nitrogen and oxygen atoms in total. The highest BCUT2D eigenvalue weighted by Gasteiger charge is 2.57. The topological polar surface area (TPSA) is 60.9 Å². The fraction of sp³-hybridized carbons (Fsp3) is 0.440. The van der Waals surface area contributed by atoms with Crippen LogP contribution in [-0.2, 0) is 11.2 Å². The molecule has 2 amide bonds. The van der Waals surface area contributed by atoms with E-state index in [0.717, 1.165) is 44.3 Å². The molecule has 3 saturated heterocycles. The minimum atomic E-state index is -0.262. The molecule has 5 rings (SSSR count). The summed E-state index contributed by atoms with van der Waals surface area (Å²) in [6.07, 6.45) is 5.10. The van der Waals surface area contributed by atoms with Crippen LogP contribution in [-0.4, -0.2) is 47.1 Å². The van der Waals surface area contributed by atoms with Gasteiger partial charge in [0.05, 0.1) is 6.61 Å². The summed E-state index contributed by atoms with van der Waals surface area (Å²) in [5, 5.41) is 10.4. The summed E-state index contributed by atoms with van der Waals surface area (Å²) in [4.78, 5) is 29.2. The van der Waals surface area contributed by atoms with Gasteiger partial charge in [-0.2, -0.15) is 0 Å². The van der Waals surface area contributed by atoms with Crippen molar-refractivity contribution in [2.45, 2.75) is 50.6 Å². The number of hydrogen-bond acceptors (Lipinski definition) is 3. The maximum Gasteiger partial charge on any atom is 0.254 e. The van der Waals surface area contributed by atoms with Crippen LogP contribution in [0.1, 0.15) is 48.0 Å². The van der Waals surface area contributed by atoms with Crippen LogP contribution in [0.4, 0.5) is 5.69 Å². The summed E-state index contributed by atoms with van der Waals surface area (Å²) in [6.45, 7) is 0.851. The summed E-state index contributed by atoms with van der Waals surface area (Å²) in [6, 6.07) is 18.0. The number of anilines is 1. The molecule has 0 unspecified atom stereocenters. The Balaban J connectivity index is 1.36. The molecule has 0 aliphatic carbocycles. The predicted octanol–water partition coefficient (Wildman–Crippen LogP) is 3.41. The largest absolute Gasteiger partial charge is 0.396 e. The number of amides is 2. The number of aliphatic hydroxyl groups is 1. The van der Waals surface area contributed by atoms with Gasteiger partial charge in [0.25, 0.3) is 5.91 Å². The number of carbonyl (C=O) groups is 2. The molecule has 2 aromatic rings. The first-order valence-electron chi connectivity index (χ1n) is 11.0. The maximum atomic E-state index is 13.4. The number of hydrogen-bond donors (Lipinski definition) is 1. The molecule has 0 aromatic heterocycles. The van der Waals surface area contributed by atoms with E-state index in [1.54, 1.807) is 4.90 Å². The maximum absolute atomic E-state index is 13.4. The highest BCUT2D eigenvalue weighted by molar-refractivity contribution is 5.98. The van der Waals surface area contributed by atoms with Crippen LogP contribution in [0, 0.1) is 5.41 Å². The first kappa shape index (κ1) is 19.3. The van der Waals surface area contributed by atoms with Crippen LogP contribution in [0.25, 0.3) is 0 Å². The fourth-order valence-corrected chi connectivity index (χ4v) is 5.87. The smallest absolute Gasteiger partial charge is 0.254 e. The first-order chi connectivity index (χ1) is 14.6. The van der Waals surface area contributed by atoms with E-state index in [1.165, 1.54) is 5.56 Å². The van der Waals surface area contributed by atoms with Gasteiger partial charge < -0.3 is 14.9 Å². The Morgan fingerprint density at radius 2 is 1.83 bits per heavy atom. The monoisotopic (exact) mass is 404 g/mol. The van der Waals surface area contributed by atoms with Crippen molar-refractivity contribution in [2.24, 2.45) is 5.41 Å². The SMILES string of the molecule is O=C1CCCN1c1ccc(C(=O)N2[C@H]3CC[C@@H]2[C@@](CO)(Cc2ccccc2)C3)cc1. The van der Waals surface area contributed by atoms with Crippen LogP contribution >= 0.6 is 0 Å². The van der Waals surface area contributed by atoms with Crippen molar-refractivity contribution in [1.29, 1.82) is 0 Å². The second-order valence-corrected chi connectivity index (χ2v) is 9.04. The Bertz CT molecular complexity index is 943. The van der Waals surface area contributed by atoms with Gasteiger partial charge in [-0.25, -0.2) is 0 Å². The van der Waals surface area contributed by atoms with Gasteiger partial charge in [0.2, 0.25) is 5.91 Å². The van der Waals surface area contributed by atoms with Gasteiger partial charge in [0, 0.05) is 41.7 Å². The molecular weight excluding hydrogens is 376 g/mol. The van der Waals surface area contributed by atoms with Gasteiger partial charge in [0.1, 0.15) is 0 Å². The third kappa shape index (κ3) is 3.12. The zero-order valence-corrected chi connectivity index (χ0v) is 17.2. The summed E-state index contributed by atoms with van der Waals surface area (Å²) < 4.78 is 0. The van der Waals surface area contributed by atoms with E-state index in [2.05, 4.69) is 12.1 Å². The minimum Gasteiger partial charge on any atom is -0.396 e. The Labute approximate surface area is 177 Å². The number of rotatable bonds is 5. The lowest BCUT2D eigenvalue weighted by atomic mass is 9.70. The molecule has 3 atom stereocenters. The van der Waals surface area contributed by atoms with Gasteiger partial charge >= 0.3 is 0 Å². The van der Waals surface area contributed by atoms with Crippen LogP contribution in [0.15, 0.2) is 54.6 Å². The molecule has 30 heavy (non-hydrogen) atoms. The summed E-state index contributed by atoms with van der Waals surface area (Å²) in [7, 11) is 0. The van der Waals surface area contributed by atoms with E-state index in [-0.39, 0.29) is 35.9 Å². The van der Waals surface area contributed by atoms with E-state index in [1.807, 2.05) is 47.4 Å². The third-order valence-corrected chi connectivity index (χ3v) is 7.30. The van der Waals surface area contributed by atoms with Crippen molar-refractivity contribution in [2.75, 3.05) is 18.1 Å². The van der Waals surface area contributed by atoms with E-state index in [4.69, 9.17) is 0 Å². The van der Waals surface area contributed by atoms with Crippen molar-refractivity contribution in [3.63, 3.8) is 0 Å². The first-order valence-corrected chi connectivity index (χ1v) is 11.0. The van der Waals surface area contributed by atoms with E-state index < -0.39 is 0 Å². The highest BCUT2D eigenvalue weighted by atomic mass is 16.3. The second kappa shape index (κ2) is 7.55. The highest BCUT2D eigenvalue weighted by Crippen LogP contribution is 2.51. The van der Waals surface area contributed by atoms with Gasteiger partial charge in [-0.05, 0) is 61.9 Å². The molecule has 3 aliphatic rings. The predicted molar refractivity (Wildman–Crippen MR) is 115 cm³/mol. The van der Waals surface area contributed by atoms with Gasteiger partial charge in [-0.15, -0.1) is 0 Å². The van der Waals surface area contributed by atoms with Crippen LogP contribution in [0.5, 0.6) is 0 Å². The van der Waals surface area contributed by atoms with Crippen molar-refractivity contribution >= 4 is 17.5 Å². The van der Waals surface area contributed by atoms with Crippen LogP contribution < -0.4 is 4.90 Å². The summed E-state index contributed by atoms with van der Waals surface area (Å²) in [5.41, 5.74) is 2.48. The normalized spacial score (nSPS) is 27.8. The molecule has 2 bridgehead atoms. The van der Waals surface area contributed by atoms with Crippen molar-refractivity contribution in [1.82, 2.24) is 4.90 Å². The van der Waals surface area contributed by atoms with Gasteiger partial charge in [0.15, 0.2) is 0 Å². The molecule has 1 N–H and O–H groups in total. The summed E-state index contributed by atoms with van der Waals surface area (Å²) in [5.74, 6) is 0.200. The summed E-state index contributed by atoms with van der Waals surface area (Å²) >= 11 is 0. The molecule has 5 heteroatoms. The molecule has 2 aromatic carbocycles. The molecule has 0 radical (unpaired) electrons.